The van der Waals surface area contributed by atoms with Gasteiger partial charge in [-0.2, -0.15) is 0 Å². The summed E-state index contributed by atoms with van der Waals surface area (Å²) in [6.07, 6.45) is 0. The number of carbonyl (C=O) groups is 1. The monoisotopic (exact) mass is 447 g/mol. The number of ether oxygens (including phenoxy) is 1. The second kappa shape index (κ2) is 8.71. The van der Waals surface area contributed by atoms with Crippen LogP contribution in [0.1, 0.15) is 15.9 Å². The van der Waals surface area contributed by atoms with Crippen LogP contribution in [0.2, 0.25) is 15.1 Å². The van der Waals surface area contributed by atoms with E-state index in [1.165, 1.54) is 31.4 Å². The van der Waals surface area contributed by atoms with Gasteiger partial charge in [0.25, 0.3) is 11.6 Å². The third kappa shape index (κ3) is 4.98. The highest BCUT2D eigenvalue weighted by Gasteiger charge is 2.19. The van der Waals surface area contributed by atoms with Crippen molar-refractivity contribution in [2.45, 2.75) is 6.92 Å². The number of nitro groups is 1. The van der Waals surface area contributed by atoms with Crippen LogP contribution in [0.5, 0.6) is 5.75 Å². The molecule has 2 N–H and O–H groups in total. The van der Waals surface area contributed by atoms with Crippen molar-refractivity contribution in [2.24, 2.45) is 0 Å². The second-order valence-corrected chi connectivity index (χ2v) is 6.91. The van der Waals surface area contributed by atoms with Crippen molar-refractivity contribution in [3.63, 3.8) is 0 Å². The second-order valence-electron chi connectivity index (χ2n) is 5.25. The fraction of sp³-hybridized carbons (Fsp3) is 0.125. The van der Waals surface area contributed by atoms with Crippen molar-refractivity contribution in [3.8, 4) is 5.75 Å². The smallest absolute Gasteiger partial charge is 0.288 e. The summed E-state index contributed by atoms with van der Waals surface area (Å²) < 4.78 is 5.13. The van der Waals surface area contributed by atoms with Gasteiger partial charge in [-0.15, -0.1) is 0 Å². The summed E-state index contributed by atoms with van der Waals surface area (Å²) in [5.41, 5.74) is 0.795. The van der Waals surface area contributed by atoms with Gasteiger partial charge < -0.3 is 10.1 Å². The molecule has 0 heterocycles. The summed E-state index contributed by atoms with van der Waals surface area (Å²) in [5, 5.41) is 16.5. The van der Waals surface area contributed by atoms with E-state index in [4.69, 9.17) is 51.8 Å². The molecule has 0 saturated carbocycles. The lowest BCUT2D eigenvalue weighted by molar-refractivity contribution is -0.384. The Kier molecular flexibility index (Phi) is 6.83. The number of anilines is 1. The van der Waals surface area contributed by atoms with E-state index in [-0.39, 0.29) is 37.2 Å². The molecule has 1 amide bonds. The van der Waals surface area contributed by atoms with Gasteiger partial charge in [-0.3, -0.25) is 20.2 Å². The van der Waals surface area contributed by atoms with E-state index >= 15 is 0 Å². The Bertz CT molecular complexity index is 953. The molecule has 0 aliphatic carbocycles. The van der Waals surface area contributed by atoms with Crippen LogP contribution in [-0.4, -0.2) is 23.1 Å². The first kappa shape index (κ1) is 21.2. The zero-order valence-corrected chi connectivity index (χ0v) is 17.0. The SMILES string of the molecule is COc1c(Cl)cc(Cl)cc1C(=O)NC(=S)Nc1cc(Cl)c([N+](=O)[O-])cc1C. The summed E-state index contributed by atoms with van der Waals surface area (Å²) in [5.74, 6) is -0.449. The fourth-order valence-electron chi connectivity index (χ4n) is 2.20. The molecule has 0 spiro atoms. The van der Waals surface area contributed by atoms with Crippen molar-refractivity contribution >= 4 is 69.4 Å². The van der Waals surface area contributed by atoms with Gasteiger partial charge in [-0.1, -0.05) is 34.8 Å². The van der Waals surface area contributed by atoms with Crippen molar-refractivity contribution in [2.75, 3.05) is 12.4 Å². The van der Waals surface area contributed by atoms with E-state index in [0.717, 1.165) is 0 Å². The molecule has 0 bridgehead atoms. The van der Waals surface area contributed by atoms with Crippen LogP contribution < -0.4 is 15.4 Å². The number of halogens is 3. The summed E-state index contributed by atoms with van der Waals surface area (Å²) in [7, 11) is 1.37. The number of benzene rings is 2. The number of methoxy groups -OCH3 is 1. The van der Waals surface area contributed by atoms with Crippen LogP contribution in [0, 0.1) is 17.0 Å². The summed E-state index contributed by atoms with van der Waals surface area (Å²) >= 11 is 23.0. The van der Waals surface area contributed by atoms with Crippen LogP contribution >= 0.6 is 47.0 Å². The molecule has 2 aromatic rings. The molecule has 0 aliphatic rings. The number of aryl methyl sites for hydroxylation is 1. The Morgan fingerprint density at radius 2 is 1.85 bits per heavy atom. The number of nitrogens with zero attached hydrogens (tertiary/aromatic N) is 1. The minimum Gasteiger partial charge on any atom is -0.494 e. The van der Waals surface area contributed by atoms with Gasteiger partial charge in [0, 0.05) is 16.8 Å². The molecular weight excluding hydrogens is 437 g/mol. The van der Waals surface area contributed by atoms with Gasteiger partial charge in [0.1, 0.15) is 10.8 Å². The lowest BCUT2D eigenvalue weighted by Crippen LogP contribution is -2.34. The van der Waals surface area contributed by atoms with Gasteiger partial charge >= 0.3 is 0 Å². The average molecular weight is 449 g/mol. The van der Waals surface area contributed by atoms with E-state index in [1.54, 1.807) is 6.92 Å². The quantitative estimate of drug-likeness (QED) is 0.388. The molecule has 0 aliphatic heterocycles. The molecule has 2 rings (SSSR count). The molecule has 11 heteroatoms. The van der Waals surface area contributed by atoms with Crippen LogP contribution in [0.25, 0.3) is 0 Å². The molecule has 27 heavy (non-hydrogen) atoms. The number of rotatable bonds is 4. The van der Waals surface area contributed by atoms with Crippen LogP contribution in [0.3, 0.4) is 0 Å². The van der Waals surface area contributed by atoms with E-state index in [1.807, 2.05) is 0 Å². The topological polar surface area (TPSA) is 93.5 Å². The largest absolute Gasteiger partial charge is 0.494 e. The maximum atomic E-state index is 12.5. The minimum atomic E-state index is -0.598. The summed E-state index contributed by atoms with van der Waals surface area (Å²) in [6.45, 7) is 1.63. The predicted octanol–water partition coefficient (Wildman–Crippen LogP) is 5.00. The van der Waals surface area contributed by atoms with Crippen molar-refractivity contribution in [3.05, 3.63) is 60.6 Å². The third-order valence-electron chi connectivity index (χ3n) is 3.42. The van der Waals surface area contributed by atoms with Crippen LogP contribution in [0.15, 0.2) is 24.3 Å². The lowest BCUT2D eigenvalue weighted by Gasteiger charge is -2.14. The molecule has 0 radical (unpaired) electrons. The Labute approximate surface area is 174 Å². The molecule has 0 unspecified atom stereocenters. The molecule has 0 fully saturated rings. The first-order valence-electron chi connectivity index (χ1n) is 7.24. The number of carbonyl (C=O) groups excluding carboxylic acids is 1. The van der Waals surface area contributed by atoms with Gasteiger partial charge in [-0.25, -0.2) is 0 Å². The van der Waals surface area contributed by atoms with E-state index in [2.05, 4.69) is 10.6 Å². The fourth-order valence-corrected chi connectivity index (χ4v) is 3.21. The number of hydrogen-bond donors (Lipinski definition) is 2. The normalized spacial score (nSPS) is 10.3. The van der Waals surface area contributed by atoms with Crippen LogP contribution in [0.4, 0.5) is 11.4 Å². The molecule has 142 valence electrons. The molecule has 0 saturated heterocycles. The highest BCUT2D eigenvalue weighted by Crippen LogP contribution is 2.32. The highest BCUT2D eigenvalue weighted by atomic mass is 35.5. The van der Waals surface area contributed by atoms with E-state index in [0.29, 0.717) is 11.3 Å². The van der Waals surface area contributed by atoms with Crippen LogP contribution in [-0.2, 0) is 0 Å². The molecule has 0 aromatic heterocycles. The Hall–Kier alpha value is -2.13. The zero-order chi connectivity index (χ0) is 20.3. The van der Waals surface area contributed by atoms with E-state index in [9.17, 15) is 14.9 Å². The van der Waals surface area contributed by atoms with Crippen molar-refractivity contribution < 1.29 is 14.5 Å². The van der Waals surface area contributed by atoms with Crippen molar-refractivity contribution in [1.82, 2.24) is 5.32 Å². The molecule has 0 atom stereocenters. The van der Waals surface area contributed by atoms with Gasteiger partial charge in [0.2, 0.25) is 0 Å². The Balaban J connectivity index is 2.21. The van der Waals surface area contributed by atoms with Gasteiger partial charge in [0.05, 0.1) is 22.6 Å². The van der Waals surface area contributed by atoms with Gasteiger partial charge in [-0.05, 0) is 42.9 Å². The summed E-state index contributed by atoms with van der Waals surface area (Å²) in [4.78, 5) is 22.8. The standard InChI is InChI=1S/C16H12Cl3N3O4S/c1-7-3-13(22(24)25)10(18)6-12(7)20-16(27)21-15(23)9-4-8(17)5-11(19)14(9)26-2/h3-6H,1-2H3,(H2,20,21,23,27). The number of amides is 1. The number of thiocarbonyl (C=S) groups is 1. The minimum absolute atomic E-state index is 0.0498. The van der Waals surface area contributed by atoms with Crippen molar-refractivity contribution in [1.29, 1.82) is 0 Å². The van der Waals surface area contributed by atoms with Gasteiger partial charge in [0.15, 0.2) is 5.11 Å². The molecule has 2 aromatic carbocycles. The average Bonchev–Trinajstić information content (AvgIpc) is 2.56. The first-order chi connectivity index (χ1) is 12.6. The highest BCUT2D eigenvalue weighted by molar-refractivity contribution is 7.80. The zero-order valence-electron chi connectivity index (χ0n) is 13.9. The predicted molar refractivity (Wildman–Crippen MR) is 110 cm³/mol. The lowest BCUT2D eigenvalue weighted by atomic mass is 10.1. The number of nitro benzene ring substituents is 1. The Morgan fingerprint density at radius 3 is 2.44 bits per heavy atom. The first-order valence-corrected chi connectivity index (χ1v) is 8.78. The molecule has 7 nitrogen and oxygen atoms in total. The Morgan fingerprint density at radius 1 is 1.19 bits per heavy atom. The summed E-state index contributed by atoms with van der Waals surface area (Å²) in [6, 6.07) is 5.48. The number of hydrogen-bond acceptors (Lipinski definition) is 5. The number of nitrogens with one attached hydrogen (secondary N) is 2. The third-order valence-corrected chi connectivity index (χ3v) is 4.43. The van der Waals surface area contributed by atoms with E-state index < -0.39 is 10.8 Å². The molecular formula is C16H12Cl3N3O4S. The maximum Gasteiger partial charge on any atom is 0.288 e. The maximum absolute atomic E-state index is 12.5.